The van der Waals surface area contributed by atoms with Crippen LogP contribution in [0.4, 0.5) is 5.82 Å². The van der Waals surface area contributed by atoms with E-state index in [0.29, 0.717) is 11.6 Å². The van der Waals surface area contributed by atoms with E-state index in [9.17, 15) is 0 Å². The minimum atomic E-state index is 0.450. The molecule has 0 unspecified atom stereocenters. The second kappa shape index (κ2) is 4.11. The Labute approximate surface area is 95.2 Å². The molecule has 0 spiro atoms. The summed E-state index contributed by atoms with van der Waals surface area (Å²) in [6.45, 7) is 1.80. The van der Waals surface area contributed by atoms with Crippen LogP contribution in [0.5, 0.6) is 0 Å². The van der Waals surface area contributed by atoms with Crippen LogP contribution in [0.3, 0.4) is 0 Å². The summed E-state index contributed by atoms with van der Waals surface area (Å²) in [4.78, 5) is 8.18. The Kier molecular flexibility index (Phi) is 2.83. The van der Waals surface area contributed by atoms with E-state index in [1.165, 1.54) is 11.3 Å². The highest BCUT2D eigenvalue weighted by molar-refractivity contribution is 8.00. The number of nitrogen functional groups attached to an aromatic ring is 1. The van der Waals surface area contributed by atoms with Crippen molar-refractivity contribution in [3.63, 3.8) is 0 Å². The van der Waals surface area contributed by atoms with Gasteiger partial charge in [-0.25, -0.2) is 9.97 Å². The first kappa shape index (κ1) is 10.3. The highest BCUT2D eigenvalue weighted by Crippen LogP contribution is 2.30. The Morgan fingerprint density at radius 2 is 2.20 bits per heavy atom. The van der Waals surface area contributed by atoms with Crippen LogP contribution in [0.15, 0.2) is 10.5 Å². The number of hydrogen-bond acceptors (Lipinski definition) is 7. The van der Waals surface area contributed by atoms with Gasteiger partial charge in [-0.3, -0.25) is 0 Å². The van der Waals surface area contributed by atoms with Gasteiger partial charge in [0.15, 0.2) is 9.35 Å². The van der Waals surface area contributed by atoms with Crippen LogP contribution in [0.1, 0.15) is 5.82 Å². The third kappa shape index (κ3) is 2.07. The average Bonchev–Trinajstić information content (AvgIpc) is 2.66. The molecule has 0 aliphatic carbocycles. The predicted octanol–water partition coefficient (Wildman–Crippen LogP) is 1.61. The molecule has 7 heteroatoms. The molecule has 0 saturated heterocycles. The van der Waals surface area contributed by atoms with Crippen LogP contribution >= 0.6 is 23.1 Å². The number of nitrogens with two attached hydrogens (primary N) is 1. The van der Waals surface area contributed by atoms with Crippen LogP contribution in [0, 0.1) is 6.92 Å². The lowest BCUT2D eigenvalue weighted by Crippen LogP contribution is -1.97. The van der Waals surface area contributed by atoms with Gasteiger partial charge >= 0.3 is 0 Å². The summed E-state index contributed by atoms with van der Waals surface area (Å²) in [5.41, 5.74) is 6.53. The van der Waals surface area contributed by atoms with Gasteiger partial charge in [-0.1, -0.05) is 23.1 Å². The Bertz CT molecular complexity index is 482. The Hall–Kier alpha value is -1.21. The van der Waals surface area contributed by atoms with Gasteiger partial charge in [0.25, 0.3) is 0 Å². The molecule has 2 N–H and O–H groups in total. The normalized spacial score (nSPS) is 10.5. The first-order chi connectivity index (χ1) is 7.20. The number of nitrogens with zero attached hydrogens (tertiary/aromatic N) is 4. The number of aryl methyl sites for hydroxylation is 1. The summed E-state index contributed by atoms with van der Waals surface area (Å²) in [5, 5.41) is 8.79. The van der Waals surface area contributed by atoms with Crippen LogP contribution in [0.2, 0.25) is 0 Å². The molecule has 0 aliphatic heterocycles. The lowest BCUT2D eigenvalue weighted by atomic mass is 10.3. The quantitative estimate of drug-likeness (QED) is 0.802. The van der Waals surface area contributed by atoms with Crippen molar-refractivity contribution in [1.82, 2.24) is 20.2 Å². The van der Waals surface area contributed by atoms with Crippen molar-refractivity contribution in [3.8, 4) is 10.6 Å². The second-order valence-electron chi connectivity index (χ2n) is 2.79. The van der Waals surface area contributed by atoms with E-state index in [2.05, 4.69) is 20.2 Å². The van der Waals surface area contributed by atoms with E-state index < -0.39 is 0 Å². The molecular formula is C8H9N5S2. The van der Waals surface area contributed by atoms with Crippen molar-refractivity contribution in [2.24, 2.45) is 0 Å². The van der Waals surface area contributed by atoms with E-state index in [4.69, 9.17) is 5.73 Å². The molecule has 2 rings (SSSR count). The first-order valence-electron chi connectivity index (χ1n) is 4.17. The molecule has 0 bridgehead atoms. The minimum Gasteiger partial charge on any atom is -0.383 e. The monoisotopic (exact) mass is 239 g/mol. The maximum atomic E-state index is 5.79. The smallest absolute Gasteiger partial charge is 0.174 e. The standard InChI is InChI=1S/C8H9N5S2/c1-4-10-3-5(6(9)11-4)7-12-13-8(14-2)15-7/h3H,1-2H3,(H2,9,10,11). The van der Waals surface area contributed by atoms with Gasteiger partial charge in [0.1, 0.15) is 11.6 Å². The van der Waals surface area contributed by atoms with Gasteiger partial charge in [0, 0.05) is 6.20 Å². The molecule has 2 aromatic heterocycles. The average molecular weight is 239 g/mol. The molecule has 0 amide bonds. The van der Waals surface area contributed by atoms with Crippen molar-refractivity contribution in [1.29, 1.82) is 0 Å². The molecule has 2 aromatic rings. The van der Waals surface area contributed by atoms with Gasteiger partial charge in [-0.05, 0) is 13.2 Å². The van der Waals surface area contributed by atoms with Crippen LogP contribution < -0.4 is 5.73 Å². The lowest BCUT2D eigenvalue weighted by Gasteiger charge is -1.99. The van der Waals surface area contributed by atoms with Gasteiger partial charge in [0.05, 0.1) is 5.56 Å². The SMILES string of the molecule is CSc1nnc(-c2cnc(C)nc2N)s1. The fraction of sp³-hybridized carbons (Fsp3) is 0.250. The van der Waals surface area contributed by atoms with Gasteiger partial charge in [-0.2, -0.15) is 0 Å². The van der Waals surface area contributed by atoms with E-state index in [1.807, 2.05) is 6.26 Å². The van der Waals surface area contributed by atoms with Crippen LogP contribution in [0.25, 0.3) is 10.6 Å². The van der Waals surface area contributed by atoms with Crippen molar-refractivity contribution in [3.05, 3.63) is 12.0 Å². The molecule has 0 radical (unpaired) electrons. The molecule has 0 atom stereocenters. The Morgan fingerprint density at radius 1 is 1.40 bits per heavy atom. The van der Waals surface area contributed by atoms with Crippen LogP contribution in [-0.4, -0.2) is 26.4 Å². The molecule has 5 nitrogen and oxygen atoms in total. The van der Waals surface area contributed by atoms with Crippen molar-refractivity contribution < 1.29 is 0 Å². The van der Waals surface area contributed by atoms with Crippen molar-refractivity contribution >= 4 is 28.9 Å². The summed E-state index contributed by atoms with van der Waals surface area (Å²) >= 11 is 3.04. The fourth-order valence-corrected chi connectivity index (χ4v) is 2.34. The van der Waals surface area contributed by atoms with E-state index in [-0.39, 0.29) is 0 Å². The topological polar surface area (TPSA) is 77.6 Å². The van der Waals surface area contributed by atoms with E-state index >= 15 is 0 Å². The molecule has 15 heavy (non-hydrogen) atoms. The first-order valence-corrected chi connectivity index (χ1v) is 6.22. The molecule has 78 valence electrons. The van der Waals surface area contributed by atoms with E-state index in [1.54, 1.807) is 24.9 Å². The molecule has 2 heterocycles. The summed E-state index contributed by atoms with van der Waals surface area (Å²) in [7, 11) is 0. The number of thioether (sulfide) groups is 1. The van der Waals surface area contributed by atoms with Gasteiger partial charge in [0.2, 0.25) is 0 Å². The zero-order valence-corrected chi connectivity index (χ0v) is 9.89. The second-order valence-corrected chi connectivity index (χ2v) is 4.82. The zero-order valence-electron chi connectivity index (χ0n) is 8.26. The Balaban J connectivity index is 2.44. The Morgan fingerprint density at radius 3 is 2.80 bits per heavy atom. The molecule has 0 aliphatic rings. The molecule has 0 aromatic carbocycles. The maximum Gasteiger partial charge on any atom is 0.174 e. The van der Waals surface area contributed by atoms with E-state index in [0.717, 1.165) is 14.9 Å². The summed E-state index contributed by atoms with van der Waals surface area (Å²) < 4.78 is 0.907. The van der Waals surface area contributed by atoms with Crippen molar-refractivity contribution in [2.75, 3.05) is 12.0 Å². The fourth-order valence-electron chi connectivity index (χ4n) is 1.05. The number of rotatable bonds is 2. The maximum absolute atomic E-state index is 5.79. The minimum absolute atomic E-state index is 0.450. The van der Waals surface area contributed by atoms with Crippen molar-refractivity contribution in [2.45, 2.75) is 11.3 Å². The highest BCUT2D eigenvalue weighted by atomic mass is 32.2. The number of anilines is 1. The van der Waals surface area contributed by atoms with Gasteiger partial charge < -0.3 is 5.73 Å². The largest absolute Gasteiger partial charge is 0.383 e. The number of hydrogen-bond donors (Lipinski definition) is 1. The summed E-state index contributed by atoms with van der Waals surface area (Å²) in [6.07, 6.45) is 3.64. The summed E-state index contributed by atoms with van der Waals surface area (Å²) in [6, 6.07) is 0. The molecule has 0 fully saturated rings. The lowest BCUT2D eigenvalue weighted by molar-refractivity contribution is 1.01. The third-order valence-electron chi connectivity index (χ3n) is 1.75. The molecule has 0 saturated carbocycles. The third-order valence-corrected chi connectivity index (χ3v) is 3.68. The zero-order chi connectivity index (χ0) is 10.8. The molecular weight excluding hydrogens is 230 g/mol. The van der Waals surface area contributed by atoms with Crippen LogP contribution in [-0.2, 0) is 0 Å². The summed E-state index contributed by atoms with van der Waals surface area (Å²) in [5.74, 6) is 1.11. The number of aromatic nitrogens is 4. The van der Waals surface area contributed by atoms with Gasteiger partial charge in [-0.15, -0.1) is 10.2 Å². The predicted molar refractivity (Wildman–Crippen MR) is 61.9 cm³/mol. The highest BCUT2D eigenvalue weighted by Gasteiger charge is 2.10.